The molecule has 0 aliphatic rings. The van der Waals surface area contributed by atoms with Gasteiger partial charge in [-0.3, -0.25) is 0 Å². The van der Waals surface area contributed by atoms with Crippen LogP contribution >= 0.6 is 0 Å². The molecule has 0 bridgehead atoms. The van der Waals surface area contributed by atoms with Crippen molar-refractivity contribution in [1.29, 1.82) is 0 Å². The molecule has 0 radical (unpaired) electrons. The summed E-state index contributed by atoms with van der Waals surface area (Å²) in [6.07, 6.45) is 0. The lowest BCUT2D eigenvalue weighted by Gasteiger charge is -2.16. The molecular formula is C61H41N3. The lowest BCUT2D eigenvalue weighted by Crippen LogP contribution is -2.01. The van der Waals surface area contributed by atoms with E-state index >= 15 is 0 Å². The Bertz CT molecular complexity index is 3360. The van der Waals surface area contributed by atoms with Crippen LogP contribution in [0.25, 0.3) is 112 Å². The standard InChI is InChI=1S/C61H41N3/c1-5-18-42(19-6-1)47-28-16-31-50(37-47)59-62-60(64-61(63-59)57-33-17-27-45-26-13-14-32-55(45)57)51-34-35-56(58(41-51)46-24-11-4-12-25-46)49-30-15-29-48(36-49)54-39-52(43-20-7-2-8-21-43)38-53(40-54)44-22-9-3-10-23-44/h1-41H. The number of fused-ring (bicyclic) bond motifs is 1. The second-order valence-corrected chi connectivity index (χ2v) is 16.0. The number of hydrogen-bond donors (Lipinski definition) is 0. The molecule has 1 heterocycles. The number of benzene rings is 10. The van der Waals surface area contributed by atoms with Crippen LogP contribution in [0.5, 0.6) is 0 Å². The van der Waals surface area contributed by atoms with E-state index in [0.717, 1.165) is 72.0 Å². The van der Waals surface area contributed by atoms with E-state index in [0.29, 0.717) is 17.5 Å². The van der Waals surface area contributed by atoms with Gasteiger partial charge in [-0.15, -0.1) is 0 Å². The molecule has 64 heavy (non-hydrogen) atoms. The van der Waals surface area contributed by atoms with Gasteiger partial charge in [-0.2, -0.15) is 0 Å². The predicted octanol–water partition coefficient (Wildman–Crippen LogP) is 16.0. The smallest absolute Gasteiger partial charge is 0.164 e. The third kappa shape index (κ3) is 7.79. The number of nitrogens with zero attached hydrogens (tertiary/aromatic N) is 3. The lowest BCUT2D eigenvalue weighted by molar-refractivity contribution is 1.08. The van der Waals surface area contributed by atoms with E-state index in [1.165, 1.54) is 22.3 Å². The van der Waals surface area contributed by atoms with E-state index in [1.54, 1.807) is 0 Å². The molecule has 300 valence electrons. The van der Waals surface area contributed by atoms with E-state index in [-0.39, 0.29) is 0 Å². The van der Waals surface area contributed by atoms with Crippen LogP contribution in [0, 0.1) is 0 Å². The van der Waals surface area contributed by atoms with Gasteiger partial charge < -0.3 is 0 Å². The Morgan fingerprint density at radius 1 is 0.188 bits per heavy atom. The second-order valence-electron chi connectivity index (χ2n) is 16.0. The summed E-state index contributed by atoms with van der Waals surface area (Å²) in [6.45, 7) is 0. The fraction of sp³-hybridized carbons (Fsp3) is 0. The summed E-state index contributed by atoms with van der Waals surface area (Å²) in [5.41, 5.74) is 16.6. The molecule has 0 saturated carbocycles. The first-order valence-corrected chi connectivity index (χ1v) is 21.7. The molecule has 0 amide bonds. The molecule has 10 aromatic carbocycles. The van der Waals surface area contributed by atoms with Gasteiger partial charge >= 0.3 is 0 Å². The van der Waals surface area contributed by atoms with Crippen molar-refractivity contribution in [1.82, 2.24) is 15.0 Å². The fourth-order valence-electron chi connectivity index (χ4n) is 8.69. The highest BCUT2D eigenvalue weighted by Crippen LogP contribution is 2.40. The monoisotopic (exact) mass is 815 g/mol. The first-order valence-electron chi connectivity index (χ1n) is 21.7. The SMILES string of the molecule is c1ccc(-c2cc(-c3ccccc3)cc(-c3cccc(-c4ccc(-c5nc(-c6cccc(-c7ccccc7)c6)nc(-c6cccc7ccccc67)n5)cc4-c4ccccc4)c3)c2)cc1. The normalized spacial score (nSPS) is 11.1. The first kappa shape index (κ1) is 38.4. The van der Waals surface area contributed by atoms with Gasteiger partial charge in [0.15, 0.2) is 17.5 Å². The van der Waals surface area contributed by atoms with Gasteiger partial charge in [0.2, 0.25) is 0 Å². The Morgan fingerprint density at radius 3 is 1.20 bits per heavy atom. The van der Waals surface area contributed by atoms with E-state index in [1.807, 2.05) is 6.07 Å². The van der Waals surface area contributed by atoms with Gasteiger partial charge in [0.05, 0.1) is 0 Å². The minimum atomic E-state index is 0.613. The van der Waals surface area contributed by atoms with Crippen molar-refractivity contribution in [3.8, 4) is 101 Å². The van der Waals surface area contributed by atoms with Gasteiger partial charge in [0, 0.05) is 16.7 Å². The fourth-order valence-corrected chi connectivity index (χ4v) is 8.69. The second kappa shape index (κ2) is 17.1. The van der Waals surface area contributed by atoms with Gasteiger partial charge in [0.1, 0.15) is 0 Å². The highest BCUT2D eigenvalue weighted by atomic mass is 15.0. The molecule has 0 unspecified atom stereocenters. The number of aromatic nitrogens is 3. The maximum absolute atomic E-state index is 5.27. The first-order chi connectivity index (χ1) is 31.7. The molecule has 11 aromatic rings. The maximum atomic E-state index is 5.27. The Kier molecular flexibility index (Phi) is 10.3. The van der Waals surface area contributed by atoms with Gasteiger partial charge in [0.25, 0.3) is 0 Å². The Hall–Kier alpha value is -8.53. The largest absolute Gasteiger partial charge is 0.208 e. The zero-order valence-electron chi connectivity index (χ0n) is 35.0. The van der Waals surface area contributed by atoms with Crippen LogP contribution in [-0.4, -0.2) is 15.0 Å². The Labute approximate surface area is 373 Å². The van der Waals surface area contributed by atoms with Crippen molar-refractivity contribution in [2.45, 2.75) is 0 Å². The van der Waals surface area contributed by atoms with Crippen molar-refractivity contribution in [3.63, 3.8) is 0 Å². The molecule has 0 fully saturated rings. The summed E-state index contributed by atoms with van der Waals surface area (Å²) in [6, 6.07) is 88.0. The molecule has 3 heteroatoms. The molecule has 0 aliphatic heterocycles. The minimum absolute atomic E-state index is 0.613. The zero-order valence-corrected chi connectivity index (χ0v) is 35.0. The number of rotatable bonds is 9. The van der Waals surface area contributed by atoms with Gasteiger partial charge in [-0.1, -0.05) is 212 Å². The molecule has 0 N–H and O–H groups in total. The predicted molar refractivity (Wildman–Crippen MR) is 266 cm³/mol. The van der Waals surface area contributed by atoms with Crippen molar-refractivity contribution >= 4 is 10.8 Å². The van der Waals surface area contributed by atoms with E-state index < -0.39 is 0 Å². The highest BCUT2D eigenvalue weighted by Gasteiger charge is 2.18. The molecule has 3 nitrogen and oxygen atoms in total. The van der Waals surface area contributed by atoms with E-state index in [2.05, 4.69) is 243 Å². The van der Waals surface area contributed by atoms with Crippen molar-refractivity contribution in [2.75, 3.05) is 0 Å². The molecule has 0 saturated heterocycles. The molecular weight excluding hydrogens is 775 g/mol. The van der Waals surface area contributed by atoms with Crippen molar-refractivity contribution in [2.24, 2.45) is 0 Å². The van der Waals surface area contributed by atoms with Gasteiger partial charge in [-0.25, -0.2) is 15.0 Å². The third-order valence-corrected chi connectivity index (χ3v) is 11.9. The Balaban J connectivity index is 1.06. The molecule has 1 aromatic heterocycles. The van der Waals surface area contributed by atoms with Crippen LogP contribution in [0.15, 0.2) is 249 Å². The van der Waals surface area contributed by atoms with Crippen LogP contribution in [0.3, 0.4) is 0 Å². The van der Waals surface area contributed by atoms with E-state index in [9.17, 15) is 0 Å². The average Bonchev–Trinajstić information content (AvgIpc) is 3.39. The summed E-state index contributed by atoms with van der Waals surface area (Å²) >= 11 is 0. The summed E-state index contributed by atoms with van der Waals surface area (Å²) in [7, 11) is 0. The lowest BCUT2D eigenvalue weighted by atomic mass is 9.89. The molecule has 0 spiro atoms. The molecule has 0 aliphatic carbocycles. The molecule has 0 atom stereocenters. The minimum Gasteiger partial charge on any atom is -0.208 e. The summed E-state index contributed by atoms with van der Waals surface area (Å²) < 4.78 is 0. The summed E-state index contributed by atoms with van der Waals surface area (Å²) in [5, 5.41) is 2.23. The van der Waals surface area contributed by atoms with Gasteiger partial charge in [-0.05, 0) is 114 Å². The van der Waals surface area contributed by atoms with Crippen LogP contribution in [0.2, 0.25) is 0 Å². The highest BCUT2D eigenvalue weighted by molar-refractivity contribution is 5.96. The third-order valence-electron chi connectivity index (χ3n) is 11.9. The maximum Gasteiger partial charge on any atom is 0.164 e. The zero-order chi connectivity index (χ0) is 42.7. The van der Waals surface area contributed by atoms with E-state index in [4.69, 9.17) is 15.0 Å². The summed E-state index contributed by atoms with van der Waals surface area (Å²) in [5.74, 6) is 1.87. The van der Waals surface area contributed by atoms with Crippen LogP contribution < -0.4 is 0 Å². The van der Waals surface area contributed by atoms with Crippen LogP contribution in [0.1, 0.15) is 0 Å². The van der Waals surface area contributed by atoms with Crippen molar-refractivity contribution < 1.29 is 0 Å². The molecule has 11 rings (SSSR count). The quantitative estimate of drug-likeness (QED) is 0.146. The average molecular weight is 816 g/mol. The topological polar surface area (TPSA) is 38.7 Å². The Morgan fingerprint density at radius 2 is 0.578 bits per heavy atom. The van der Waals surface area contributed by atoms with Crippen molar-refractivity contribution in [3.05, 3.63) is 249 Å². The van der Waals surface area contributed by atoms with Crippen LogP contribution in [-0.2, 0) is 0 Å². The van der Waals surface area contributed by atoms with Crippen LogP contribution in [0.4, 0.5) is 0 Å². The summed E-state index contributed by atoms with van der Waals surface area (Å²) in [4.78, 5) is 15.7. The number of hydrogen-bond acceptors (Lipinski definition) is 3.